The Morgan fingerprint density at radius 2 is 1.67 bits per heavy atom. The fraction of sp³-hybridized carbons (Fsp3) is 0. The minimum atomic E-state index is -0.523. The Kier molecular flexibility index (Phi) is 2.92. The van der Waals surface area contributed by atoms with Crippen LogP contribution in [0.25, 0.3) is 0 Å². The Morgan fingerprint density at radius 3 is 2.08 bits per heavy atom. The molecule has 0 aliphatic heterocycles. The molecule has 0 bridgehead atoms. The van der Waals surface area contributed by atoms with Crippen LogP contribution in [0.1, 0.15) is 0 Å². The van der Waals surface area contributed by atoms with E-state index in [1.54, 1.807) is 6.07 Å². The molecule has 0 heterocycles. The zero-order chi connectivity index (χ0) is 9.30. The summed E-state index contributed by atoms with van der Waals surface area (Å²) in [5, 5.41) is 10.5. The number of nitro groups is 1. The molecule has 0 N–H and O–H groups in total. The predicted octanol–water partition coefficient (Wildman–Crippen LogP) is 2.46. The van der Waals surface area contributed by atoms with Crippen molar-refractivity contribution in [1.82, 2.24) is 0 Å². The van der Waals surface area contributed by atoms with Crippen molar-refractivity contribution in [3.8, 4) is 0 Å². The van der Waals surface area contributed by atoms with Crippen molar-refractivity contribution in [3.05, 3.63) is 22.2 Å². The molecule has 1 aromatic carbocycles. The van der Waals surface area contributed by atoms with Crippen LogP contribution in [0.5, 0.6) is 0 Å². The third kappa shape index (κ3) is 1.70. The lowest BCUT2D eigenvalue weighted by molar-refractivity contribution is -0.390. The Balaban J connectivity index is 3.43. The lowest BCUT2D eigenvalue weighted by Crippen LogP contribution is -1.91. The summed E-state index contributed by atoms with van der Waals surface area (Å²) in [6, 6.07) is 3.13. The lowest BCUT2D eigenvalue weighted by Gasteiger charge is -2.01. The number of nitrogens with zero attached hydrogens (tertiary/aromatic N) is 1. The highest BCUT2D eigenvalue weighted by Crippen LogP contribution is 2.33. The molecule has 64 valence electrons. The molecule has 0 spiro atoms. The first-order valence-electron chi connectivity index (χ1n) is 2.92. The van der Waals surface area contributed by atoms with Gasteiger partial charge in [0.2, 0.25) is 0 Å². The maximum atomic E-state index is 10.5. The Morgan fingerprint density at radius 1 is 1.17 bits per heavy atom. The summed E-state index contributed by atoms with van der Waals surface area (Å²) in [6.45, 7) is 0. The van der Waals surface area contributed by atoms with E-state index in [2.05, 4.69) is 37.9 Å². The van der Waals surface area contributed by atoms with Crippen LogP contribution < -0.4 is 0 Å². The van der Waals surface area contributed by atoms with Crippen molar-refractivity contribution in [2.75, 3.05) is 0 Å². The van der Waals surface area contributed by atoms with E-state index >= 15 is 0 Å². The van der Waals surface area contributed by atoms with Crippen molar-refractivity contribution in [2.45, 2.75) is 14.7 Å². The van der Waals surface area contributed by atoms with Gasteiger partial charge in [0.1, 0.15) is 0 Å². The summed E-state index contributed by atoms with van der Waals surface area (Å²) in [5.41, 5.74) is -0.103. The highest BCUT2D eigenvalue weighted by Gasteiger charge is 2.17. The van der Waals surface area contributed by atoms with Gasteiger partial charge in [0.15, 0.2) is 0 Å². The van der Waals surface area contributed by atoms with Crippen molar-refractivity contribution < 1.29 is 4.92 Å². The second kappa shape index (κ2) is 3.59. The molecule has 0 fully saturated rings. The van der Waals surface area contributed by atoms with E-state index in [4.69, 9.17) is 0 Å². The second-order valence-corrected chi connectivity index (χ2v) is 3.47. The van der Waals surface area contributed by atoms with Crippen molar-refractivity contribution in [1.29, 1.82) is 0 Å². The van der Waals surface area contributed by atoms with Crippen LogP contribution >= 0.6 is 37.9 Å². The van der Waals surface area contributed by atoms with Crippen molar-refractivity contribution >= 4 is 43.6 Å². The predicted molar refractivity (Wildman–Crippen MR) is 54.9 cm³/mol. The summed E-state index contributed by atoms with van der Waals surface area (Å²) in [4.78, 5) is 11.0. The van der Waals surface area contributed by atoms with Gasteiger partial charge in [0.05, 0.1) is 14.7 Å². The first-order valence-corrected chi connectivity index (χ1v) is 4.26. The molecule has 3 nitrogen and oxygen atoms in total. The van der Waals surface area contributed by atoms with Crippen molar-refractivity contribution in [3.63, 3.8) is 0 Å². The fourth-order valence-corrected chi connectivity index (χ4v) is 1.55. The first-order chi connectivity index (χ1) is 5.54. The second-order valence-electron chi connectivity index (χ2n) is 2.06. The number of benzene rings is 1. The highest BCUT2D eigenvalue weighted by molar-refractivity contribution is 7.84. The van der Waals surface area contributed by atoms with Crippen LogP contribution in [0.3, 0.4) is 0 Å². The van der Waals surface area contributed by atoms with Crippen LogP contribution in [0.15, 0.2) is 26.8 Å². The van der Waals surface area contributed by atoms with Crippen LogP contribution in [0.4, 0.5) is 5.69 Å². The van der Waals surface area contributed by atoms with E-state index in [0.717, 1.165) is 0 Å². The van der Waals surface area contributed by atoms with E-state index in [0.29, 0.717) is 9.79 Å². The fourth-order valence-electron chi connectivity index (χ4n) is 0.738. The van der Waals surface area contributed by atoms with E-state index in [-0.39, 0.29) is 10.6 Å². The Bertz CT molecular complexity index is 340. The zero-order valence-electron chi connectivity index (χ0n) is 5.76. The molecule has 0 aliphatic rings. The number of hydrogen-bond acceptors (Lipinski definition) is 5. The van der Waals surface area contributed by atoms with E-state index in [9.17, 15) is 10.1 Å². The summed E-state index contributed by atoms with van der Waals surface area (Å²) in [5.74, 6) is 0. The van der Waals surface area contributed by atoms with Crippen LogP contribution in [-0.2, 0) is 0 Å². The molecule has 0 aromatic heterocycles. The van der Waals surface area contributed by atoms with Crippen LogP contribution in [0, 0.1) is 10.1 Å². The van der Waals surface area contributed by atoms with Gasteiger partial charge in [-0.3, -0.25) is 10.1 Å². The average molecular weight is 219 g/mol. The van der Waals surface area contributed by atoms with Crippen LogP contribution in [-0.4, -0.2) is 4.92 Å². The molecule has 0 radical (unpaired) electrons. The van der Waals surface area contributed by atoms with Gasteiger partial charge in [-0.15, -0.1) is 37.9 Å². The third-order valence-corrected chi connectivity index (χ3v) is 2.65. The molecule has 6 heteroatoms. The molecule has 0 amide bonds. The SMILES string of the molecule is O=[N+]([O-])c1c(S)ccc(S)c1S. The summed E-state index contributed by atoms with van der Waals surface area (Å²) in [7, 11) is 0. The van der Waals surface area contributed by atoms with E-state index in [1.807, 2.05) is 0 Å². The maximum absolute atomic E-state index is 10.5. The average Bonchev–Trinajstić information content (AvgIpc) is 1.97. The normalized spacial score (nSPS) is 9.92. The molecule has 1 rings (SSSR count). The minimum Gasteiger partial charge on any atom is -0.258 e. The zero-order valence-corrected chi connectivity index (χ0v) is 8.44. The van der Waals surface area contributed by atoms with Gasteiger partial charge in [-0.25, -0.2) is 0 Å². The summed E-state index contributed by atoms with van der Waals surface area (Å²) in [6.07, 6.45) is 0. The van der Waals surface area contributed by atoms with Gasteiger partial charge < -0.3 is 0 Å². The molecule has 0 aliphatic carbocycles. The maximum Gasteiger partial charge on any atom is 0.296 e. The molecule has 12 heavy (non-hydrogen) atoms. The minimum absolute atomic E-state index is 0.103. The Hall–Kier alpha value is -0.330. The molecule has 0 saturated carbocycles. The van der Waals surface area contributed by atoms with Gasteiger partial charge in [0, 0.05) is 4.90 Å². The smallest absolute Gasteiger partial charge is 0.258 e. The number of rotatable bonds is 1. The molecule has 1 aromatic rings. The van der Waals surface area contributed by atoms with Gasteiger partial charge in [-0.05, 0) is 12.1 Å². The Labute approximate surface area is 85.5 Å². The van der Waals surface area contributed by atoms with Gasteiger partial charge >= 0.3 is 0 Å². The topological polar surface area (TPSA) is 43.1 Å². The summed E-state index contributed by atoms with van der Waals surface area (Å²) < 4.78 is 0. The highest BCUT2D eigenvalue weighted by atomic mass is 32.1. The molecular weight excluding hydrogens is 214 g/mol. The first kappa shape index (κ1) is 9.76. The molecule has 0 atom stereocenters. The molecular formula is C6H5NO2S3. The largest absolute Gasteiger partial charge is 0.296 e. The summed E-state index contributed by atoms with van der Waals surface area (Å²) >= 11 is 11.9. The van der Waals surface area contributed by atoms with Crippen molar-refractivity contribution in [2.24, 2.45) is 0 Å². The lowest BCUT2D eigenvalue weighted by atomic mass is 10.3. The standard InChI is InChI=1S/C6H5NO2S3/c8-7(9)5-3(10)1-2-4(11)6(5)12/h1-2,10-12H. The number of thiol groups is 3. The molecule has 0 saturated heterocycles. The van der Waals surface area contributed by atoms with E-state index in [1.165, 1.54) is 6.07 Å². The quantitative estimate of drug-likeness (QED) is 0.386. The van der Waals surface area contributed by atoms with Gasteiger partial charge in [0.25, 0.3) is 5.69 Å². The third-order valence-electron chi connectivity index (χ3n) is 1.29. The number of nitro benzene ring substituents is 1. The number of hydrogen-bond donors (Lipinski definition) is 3. The van der Waals surface area contributed by atoms with E-state index < -0.39 is 4.92 Å². The van der Waals surface area contributed by atoms with Crippen LogP contribution in [0.2, 0.25) is 0 Å². The monoisotopic (exact) mass is 219 g/mol. The molecule has 0 unspecified atom stereocenters. The van der Waals surface area contributed by atoms with Gasteiger partial charge in [-0.1, -0.05) is 0 Å². The van der Waals surface area contributed by atoms with Gasteiger partial charge in [-0.2, -0.15) is 0 Å².